The van der Waals surface area contributed by atoms with Crippen molar-refractivity contribution >= 4 is 5.91 Å². The predicted octanol–water partition coefficient (Wildman–Crippen LogP) is 3.99. The van der Waals surface area contributed by atoms with Crippen molar-refractivity contribution in [3.63, 3.8) is 0 Å². The summed E-state index contributed by atoms with van der Waals surface area (Å²) in [4.78, 5) is 12.8. The van der Waals surface area contributed by atoms with Crippen LogP contribution in [0.5, 0.6) is 23.0 Å². The van der Waals surface area contributed by atoms with E-state index in [1.165, 1.54) is 14.2 Å². The molecule has 0 aliphatic heterocycles. The molecular formula is C21H27NO5. The number of hydrogen-bond acceptors (Lipinski definition) is 5. The topological polar surface area (TPSA) is 66.0 Å². The maximum atomic E-state index is 12.8. The van der Waals surface area contributed by atoms with Gasteiger partial charge in [-0.25, -0.2) is 0 Å². The highest BCUT2D eigenvalue weighted by Gasteiger charge is 2.19. The molecule has 6 heteroatoms. The minimum Gasteiger partial charge on any atom is -0.493 e. The summed E-state index contributed by atoms with van der Waals surface area (Å²) < 4.78 is 21.9. The Morgan fingerprint density at radius 2 is 1.67 bits per heavy atom. The number of rotatable bonds is 9. The summed E-state index contributed by atoms with van der Waals surface area (Å²) >= 11 is 0. The van der Waals surface area contributed by atoms with Crippen LogP contribution in [0.3, 0.4) is 0 Å². The molecule has 0 unspecified atom stereocenters. The maximum absolute atomic E-state index is 12.8. The van der Waals surface area contributed by atoms with Crippen LogP contribution in [-0.2, 0) is 0 Å². The second-order valence-corrected chi connectivity index (χ2v) is 5.81. The minimum absolute atomic E-state index is 0.233. The van der Waals surface area contributed by atoms with Gasteiger partial charge in [-0.2, -0.15) is 0 Å². The highest BCUT2D eigenvalue weighted by atomic mass is 16.5. The van der Waals surface area contributed by atoms with E-state index in [1.807, 2.05) is 39.0 Å². The van der Waals surface area contributed by atoms with Crippen molar-refractivity contribution in [1.82, 2.24) is 5.32 Å². The number of carbonyl (C=O) groups excluding carboxylic acids is 1. The van der Waals surface area contributed by atoms with Gasteiger partial charge >= 0.3 is 0 Å². The molecule has 6 nitrogen and oxygen atoms in total. The van der Waals surface area contributed by atoms with Gasteiger partial charge in [0.05, 0.1) is 39.0 Å². The van der Waals surface area contributed by atoms with Gasteiger partial charge in [0.25, 0.3) is 5.91 Å². The number of hydrogen-bond donors (Lipinski definition) is 1. The minimum atomic E-state index is -0.245. The SMILES string of the molecule is CCOc1ccc([C@@H](C)NC(=O)c2cccc(OC)c2OC)cc1OCC. The average Bonchev–Trinajstić information content (AvgIpc) is 2.68. The summed E-state index contributed by atoms with van der Waals surface area (Å²) in [6, 6.07) is 10.6. The molecule has 2 aromatic carbocycles. The molecule has 0 saturated heterocycles. The second-order valence-electron chi connectivity index (χ2n) is 5.81. The molecule has 0 radical (unpaired) electrons. The average molecular weight is 373 g/mol. The normalized spacial score (nSPS) is 11.4. The molecule has 0 aliphatic rings. The van der Waals surface area contributed by atoms with Crippen molar-refractivity contribution < 1.29 is 23.7 Å². The molecule has 0 bridgehead atoms. The molecular weight excluding hydrogens is 346 g/mol. The van der Waals surface area contributed by atoms with E-state index in [9.17, 15) is 4.79 Å². The number of methoxy groups -OCH3 is 2. The van der Waals surface area contributed by atoms with Gasteiger partial charge in [0.15, 0.2) is 23.0 Å². The van der Waals surface area contributed by atoms with Crippen molar-refractivity contribution in [2.24, 2.45) is 0 Å². The largest absolute Gasteiger partial charge is 0.493 e. The third kappa shape index (κ3) is 4.84. The molecule has 1 N–H and O–H groups in total. The fourth-order valence-corrected chi connectivity index (χ4v) is 2.76. The Morgan fingerprint density at radius 1 is 0.963 bits per heavy atom. The smallest absolute Gasteiger partial charge is 0.255 e. The lowest BCUT2D eigenvalue weighted by Gasteiger charge is -2.19. The Kier molecular flexibility index (Phi) is 7.34. The van der Waals surface area contributed by atoms with E-state index in [0.29, 0.717) is 41.8 Å². The van der Waals surface area contributed by atoms with Crippen molar-refractivity contribution in [3.8, 4) is 23.0 Å². The quantitative estimate of drug-likeness (QED) is 0.720. The molecule has 0 fully saturated rings. The predicted molar refractivity (Wildman–Crippen MR) is 104 cm³/mol. The second kappa shape index (κ2) is 9.71. The maximum Gasteiger partial charge on any atom is 0.255 e. The number of amides is 1. The van der Waals surface area contributed by atoms with Gasteiger partial charge in [0, 0.05) is 0 Å². The van der Waals surface area contributed by atoms with E-state index in [2.05, 4.69) is 5.32 Å². The zero-order valence-electron chi connectivity index (χ0n) is 16.5. The lowest BCUT2D eigenvalue weighted by atomic mass is 10.1. The van der Waals surface area contributed by atoms with Gasteiger partial charge in [-0.15, -0.1) is 0 Å². The molecule has 1 atom stereocenters. The zero-order chi connectivity index (χ0) is 19.8. The summed E-state index contributed by atoms with van der Waals surface area (Å²) in [6.45, 7) is 6.85. The first-order valence-electron chi connectivity index (χ1n) is 8.97. The molecule has 1 amide bonds. The summed E-state index contributed by atoms with van der Waals surface area (Å²) in [5.74, 6) is 2.03. The molecule has 2 rings (SSSR count). The van der Waals surface area contributed by atoms with Crippen LogP contribution in [0, 0.1) is 0 Å². The van der Waals surface area contributed by atoms with Crippen molar-refractivity contribution in [2.45, 2.75) is 26.8 Å². The van der Waals surface area contributed by atoms with E-state index >= 15 is 0 Å². The fourth-order valence-electron chi connectivity index (χ4n) is 2.76. The first-order valence-corrected chi connectivity index (χ1v) is 8.97. The molecule has 0 heterocycles. The van der Waals surface area contributed by atoms with E-state index in [1.54, 1.807) is 18.2 Å². The summed E-state index contributed by atoms with van der Waals surface area (Å²) in [7, 11) is 3.05. The van der Waals surface area contributed by atoms with Crippen LogP contribution in [-0.4, -0.2) is 33.3 Å². The van der Waals surface area contributed by atoms with Crippen LogP contribution < -0.4 is 24.3 Å². The highest BCUT2D eigenvalue weighted by molar-refractivity contribution is 5.98. The molecule has 0 aliphatic carbocycles. The third-order valence-electron chi connectivity index (χ3n) is 4.06. The first-order chi connectivity index (χ1) is 13.0. The highest BCUT2D eigenvalue weighted by Crippen LogP contribution is 2.33. The number of para-hydroxylation sites is 1. The van der Waals surface area contributed by atoms with E-state index in [-0.39, 0.29) is 11.9 Å². The monoisotopic (exact) mass is 373 g/mol. The van der Waals surface area contributed by atoms with Gasteiger partial charge in [-0.1, -0.05) is 12.1 Å². The lowest BCUT2D eigenvalue weighted by Crippen LogP contribution is -2.27. The van der Waals surface area contributed by atoms with Crippen LogP contribution in [0.25, 0.3) is 0 Å². The lowest BCUT2D eigenvalue weighted by molar-refractivity contribution is 0.0936. The van der Waals surface area contributed by atoms with Crippen molar-refractivity contribution in [3.05, 3.63) is 47.5 Å². The van der Waals surface area contributed by atoms with Crippen LogP contribution in [0.15, 0.2) is 36.4 Å². The molecule has 146 valence electrons. The van der Waals surface area contributed by atoms with Crippen LogP contribution in [0.4, 0.5) is 0 Å². The van der Waals surface area contributed by atoms with Gasteiger partial charge < -0.3 is 24.3 Å². The summed E-state index contributed by atoms with van der Waals surface area (Å²) in [5, 5.41) is 2.99. The number of carbonyl (C=O) groups is 1. The zero-order valence-corrected chi connectivity index (χ0v) is 16.5. The first kappa shape index (κ1) is 20.4. The van der Waals surface area contributed by atoms with Crippen molar-refractivity contribution in [2.75, 3.05) is 27.4 Å². The molecule has 2 aromatic rings. The standard InChI is InChI=1S/C21H27NO5/c1-6-26-17-12-11-15(13-19(17)27-7-2)14(3)22-21(23)16-9-8-10-18(24-4)20(16)25-5/h8-14H,6-7H2,1-5H3,(H,22,23)/t14-/m1/s1. The summed E-state index contributed by atoms with van der Waals surface area (Å²) in [5.41, 5.74) is 1.33. The van der Waals surface area contributed by atoms with Gasteiger partial charge in [0.2, 0.25) is 0 Å². The Balaban J connectivity index is 2.23. The van der Waals surface area contributed by atoms with Crippen LogP contribution in [0.2, 0.25) is 0 Å². The van der Waals surface area contributed by atoms with E-state index in [4.69, 9.17) is 18.9 Å². The van der Waals surface area contributed by atoms with Gasteiger partial charge in [0.1, 0.15) is 0 Å². The van der Waals surface area contributed by atoms with E-state index < -0.39 is 0 Å². The van der Waals surface area contributed by atoms with Crippen LogP contribution in [0.1, 0.15) is 42.7 Å². The van der Waals surface area contributed by atoms with Crippen LogP contribution >= 0.6 is 0 Å². The Morgan fingerprint density at radius 3 is 2.30 bits per heavy atom. The summed E-state index contributed by atoms with van der Waals surface area (Å²) in [6.07, 6.45) is 0. The van der Waals surface area contributed by atoms with Crippen molar-refractivity contribution in [1.29, 1.82) is 0 Å². The molecule has 0 saturated carbocycles. The fraction of sp³-hybridized carbons (Fsp3) is 0.381. The Hall–Kier alpha value is -2.89. The molecule has 0 spiro atoms. The Labute approximate surface area is 160 Å². The number of benzene rings is 2. The number of nitrogens with one attached hydrogen (secondary N) is 1. The third-order valence-corrected chi connectivity index (χ3v) is 4.06. The number of ether oxygens (including phenoxy) is 4. The van der Waals surface area contributed by atoms with E-state index in [0.717, 1.165) is 5.56 Å². The van der Waals surface area contributed by atoms with Gasteiger partial charge in [-0.05, 0) is 50.6 Å². The van der Waals surface area contributed by atoms with Gasteiger partial charge in [-0.3, -0.25) is 4.79 Å². The molecule has 0 aromatic heterocycles. The molecule has 27 heavy (non-hydrogen) atoms. The Bertz CT molecular complexity index is 775.